The first-order chi connectivity index (χ1) is 10.8. The Bertz CT molecular complexity index is 621. The third-order valence-electron chi connectivity index (χ3n) is 3.81. The standard InChI is InChI=1S/C18H20O4/c1-19-12-21-15-7-3-13(4-8-15)17-10-6-14-5-9-16(20-2)11-18(14)22-17/h3-5,7-9,11,17H,6,10,12H2,1-2H3. The van der Waals surface area contributed by atoms with Crippen molar-refractivity contribution < 1.29 is 18.9 Å². The van der Waals surface area contributed by atoms with Gasteiger partial charge in [0.2, 0.25) is 0 Å². The molecule has 2 aromatic carbocycles. The molecule has 0 saturated carbocycles. The van der Waals surface area contributed by atoms with Crippen LogP contribution in [0.25, 0.3) is 0 Å². The number of fused-ring (bicyclic) bond motifs is 1. The molecule has 2 aromatic rings. The van der Waals surface area contributed by atoms with Crippen molar-refractivity contribution in [3.63, 3.8) is 0 Å². The van der Waals surface area contributed by atoms with Gasteiger partial charge in [-0.25, -0.2) is 0 Å². The fraction of sp³-hybridized carbons (Fsp3) is 0.333. The Kier molecular flexibility index (Phi) is 4.49. The molecular formula is C18H20O4. The summed E-state index contributed by atoms with van der Waals surface area (Å²) in [7, 11) is 3.27. The fourth-order valence-corrected chi connectivity index (χ4v) is 2.62. The highest BCUT2D eigenvalue weighted by Crippen LogP contribution is 2.37. The molecule has 0 amide bonds. The van der Waals surface area contributed by atoms with Gasteiger partial charge in [-0.2, -0.15) is 0 Å². The minimum atomic E-state index is 0.0658. The van der Waals surface area contributed by atoms with E-state index in [2.05, 4.69) is 6.07 Å². The molecule has 1 unspecified atom stereocenters. The first-order valence-electron chi connectivity index (χ1n) is 7.35. The van der Waals surface area contributed by atoms with E-state index in [1.54, 1.807) is 14.2 Å². The van der Waals surface area contributed by atoms with Gasteiger partial charge in [0.1, 0.15) is 23.4 Å². The molecular weight excluding hydrogens is 280 g/mol. The Morgan fingerprint density at radius 3 is 2.55 bits per heavy atom. The summed E-state index contributed by atoms with van der Waals surface area (Å²) >= 11 is 0. The predicted octanol–water partition coefficient (Wildman–Crippen LogP) is 3.74. The van der Waals surface area contributed by atoms with Gasteiger partial charge < -0.3 is 18.9 Å². The number of rotatable bonds is 5. The lowest BCUT2D eigenvalue weighted by Crippen LogP contribution is -2.15. The maximum atomic E-state index is 6.14. The zero-order chi connectivity index (χ0) is 15.4. The average molecular weight is 300 g/mol. The first kappa shape index (κ1) is 14.7. The lowest BCUT2D eigenvalue weighted by atomic mass is 9.97. The second-order valence-corrected chi connectivity index (χ2v) is 5.24. The number of benzene rings is 2. The summed E-state index contributed by atoms with van der Waals surface area (Å²) in [4.78, 5) is 0. The highest BCUT2D eigenvalue weighted by molar-refractivity contribution is 5.43. The molecule has 1 aliphatic rings. The van der Waals surface area contributed by atoms with Gasteiger partial charge in [0.25, 0.3) is 0 Å². The van der Waals surface area contributed by atoms with Crippen molar-refractivity contribution in [2.24, 2.45) is 0 Å². The van der Waals surface area contributed by atoms with Crippen LogP contribution in [-0.2, 0) is 11.2 Å². The van der Waals surface area contributed by atoms with Crippen LogP contribution in [-0.4, -0.2) is 21.0 Å². The van der Waals surface area contributed by atoms with E-state index >= 15 is 0 Å². The minimum absolute atomic E-state index is 0.0658. The summed E-state index contributed by atoms with van der Waals surface area (Å²) < 4.78 is 21.7. The normalized spacial score (nSPS) is 16.5. The second kappa shape index (κ2) is 6.71. The van der Waals surface area contributed by atoms with E-state index < -0.39 is 0 Å². The number of ether oxygens (including phenoxy) is 4. The number of hydrogen-bond donors (Lipinski definition) is 0. The molecule has 4 heteroatoms. The SMILES string of the molecule is COCOc1ccc(C2CCc3ccc(OC)cc3O2)cc1. The lowest BCUT2D eigenvalue weighted by molar-refractivity contribution is 0.0511. The second-order valence-electron chi connectivity index (χ2n) is 5.24. The topological polar surface area (TPSA) is 36.9 Å². The van der Waals surface area contributed by atoms with Crippen LogP contribution in [0.1, 0.15) is 23.7 Å². The van der Waals surface area contributed by atoms with Gasteiger partial charge in [-0.05, 0) is 42.2 Å². The lowest BCUT2D eigenvalue weighted by Gasteiger charge is -2.26. The Morgan fingerprint density at radius 1 is 1.05 bits per heavy atom. The Balaban J connectivity index is 1.73. The van der Waals surface area contributed by atoms with Gasteiger partial charge in [0.05, 0.1) is 7.11 Å². The Morgan fingerprint density at radius 2 is 1.82 bits per heavy atom. The van der Waals surface area contributed by atoms with Gasteiger partial charge in [-0.15, -0.1) is 0 Å². The maximum absolute atomic E-state index is 6.14. The predicted molar refractivity (Wildman–Crippen MR) is 83.6 cm³/mol. The van der Waals surface area contributed by atoms with Crippen molar-refractivity contribution in [2.45, 2.75) is 18.9 Å². The molecule has 4 nitrogen and oxygen atoms in total. The molecule has 1 aliphatic heterocycles. The molecule has 0 saturated heterocycles. The summed E-state index contributed by atoms with van der Waals surface area (Å²) in [6.45, 7) is 0.256. The van der Waals surface area contributed by atoms with E-state index in [9.17, 15) is 0 Å². The van der Waals surface area contributed by atoms with Crippen LogP contribution < -0.4 is 14.2 Å². The maximum Gasteiger partial charge on any atom is 0.188 e. The van der Waals surface area contributed by atoms with Crippen LogP contribution >= 0.6 is 0 Å². The van der Waals surface area contributed by atoms with Crippen molar-refractivity contribution in [3.8, 4) is 17.2 Å². The number of aryl methyl sites for hydroxylation is 1. The van der Waals surface area contributed by atoms with E-state index in [1.165, 1.54) is 5.56 Å². The van der Waals surface area contributed by atoms with Gasteiger partial charge in [-0.1, -0.05) is 18.2 Å². The van der Waals surface area contributed by atoms with Crippen molar-refractivity contribution in [3.05, 3.63) is 53.6 Å². The fourth-order valence-electron chi connectivity index (χ4n) is 2.62. The van der Waals surface area contributed by atoms with Gasteiger partial charge in [0.15, 0.2) is 6.79 Å². The summed E-state index contributed by atoms with van der Waals surface area (Å²) in [5, 5.41) is 0. The molecule has 1 heterocycles. The first-order valence-corrected chi connectivity index (χ1v) is 7.35. The number of hydrogen-bond acceptors (Lipinski definition) is 4. The van der Waals surface area contributed by atoms with Crippen LogP contribution in [0.4, 0.5) is 0 Å². The molecule has 116 valence electrons. The van der Waals surface area contributed by atoms with E-state index in [0.29, 0.717) is 0 Å². The van der Waals surface area contributed by atoms with Gasteiger partial charge in [0, 0.05) is 13.2 Å². The molecule has 0 fully saturated rings. The van der Waals surface area contributed by atoms with E-state index in [4.69, 9.17) is 18.9 Å². The summed E-state index contributed by atoms with van der Waals surface area (Å²) in [6.07, 6.45) is 2.04. The molecule has 0 N–H and O–H groups in total. The van der Waals surface area contributed by atoms with E-state index in [1.807, 2.05) is 36.4 Å². The van der Waals surface area contributed by atoms with Crippen LogP contribution in [0.5, 0.6) is 17.2 Å². The van der Waals surface area contributed by atoms with Gasteiger partial charge >= 0.3 is 0 Å². The average Bonchev–Trinajstić information content (AvgIpc) is 2.59. The smallest absolute Gasteiger partial charge is 0.188 e. The van der Waals surface area contributed by atoms with Gasteiger partial charge in [-0.3, -0.25) is 0 Å². The highest BCUT2D eigenvalue weighted by atomic mass is 16.7. The molecule has 1 atom stereocenters. The van der Waals surface area contributed by atoms with E-state index in [0.717, 1.165) is 35.7 Å². The van der Waals surface area contributed by atoms with Crippen molar-refractivity contribution in [2.75, 3.05) is 21.0 Å². The quantitative estimate of drug-likeness (QED) is 0.788. The summed E-state index contributed by atoms with van der Waals surface area (Å²) in [5.41, 5.74) is 2.38. The van der Waals surface area contributed by atoms with Crippen molar-refractivity contribution in [1.82, 2.24) is 0 Å². The number of methoxy groups -OCH3 is 2. The minimum Gasteiger partial charge on any atom is -0.497 e. The summed E-state index contributed by atoms with van der Waals surface area (Å²) in [5.74, 6) is 2.53. The molecule has 0 aromatic heterocycles. The van der Waals surface area contributed by atoms with Crippen molar-refractivity contribution in [1.29, 1.82) is 0 Å². The summed E-state index contributed by atoms with van der Waals surface area (Å²) in [6, 6.07) is 14.0. The molecule has 0 aliphatic carbocycles. The Labute approximate surface area is 130 Å². The Hall–Kier alpha value is -2.20. The zero-order valence-corrected chi connectivity index (χ0v) is 12.9. The highest BCUT2D eigenvalue weighted by Gasteiger charge is 2.21. The third kappa shape index (κ3) is 3.17. The zero-order valence-electron chi connectivity index (χ0n) is 12.9. The van der Waals surface area contributed by atoms with Crippen LogP contribution in [0, 0.1) is 0 Å². The monoisotopic (exact) mass is 300 g/mol. The van der Waals surface area contributed by atoms with E-state index in [-0.39, 0.29) is 12.9 Å². The molecule has 3 rings (SSSR count). The van der Waals surface area contributed by atoms with Crippen LogP contribution in [0.3, 0.4) is 0 Å². The van der Waals surface area contributed by atoms with Crippen LogP contribution in [0.2, 0.25) is 0 Å². The molecule has 0 radical (unpaired) electrons. The molecule has 22 heavy (non-hydrogen) atoms. The third-order valence-corrected chi connectivity index (χ3v) is 3.81. The largest absolute Gasteiger partial charge is 0.497 e. The van der Waals surface area contributed by atoms with Crippen LogP contribution in [0.15, 0.2) is 42.5 Å². The molecule has 0 spiro atoms. The van der Waals surface area contributed by atoms with Crippen molar-refractivity contribution >= 4 is 0 Å². The molecule has 0 bridgehead atoms.